The molecule has 4 nitrogen and oxygen atoms in total. The first-order valence-corrected chi connectivity index (χ1v) is 7.84. The molecule has 0 bridgehead atoms. The Bertz CT molecular complexity index is 605. The molecule has 1 fully saturated rings. The molecule has 0 aliphatic heterocycles. The number of anilines is 1. The third kappa shape index (κ3) is 3.43. The van der Waals surface area contributed by atoms with Crippen LogP contribution in [0.2, 0.25) is 5.02 Å². The fourth-order valence-electron chi connectivity index (χ4n) is 2.45. The van der Waals surface area contributed by atoms with E-state index < -0.39 is 5.41 Å². The second-order valence-electron chi connectivity index (χ2n) is 7.18. The van der Waals surface area contributed by atoms with Crippen LogP contribution in [0.3, 0.4) is 0 Å². The summed E-state index contributed by atoms with van der Waals surface area (Å²) in [6.07, 6.45) is 1.15. The number of carbonyl (C=O) groups is 2. The van der Waals surface area contributed by atoms with Gasteiger partial charge in [-0.2, -0.15) is 0 Å². The van der Waals surface area contributed by atoms with Gasteiger partial charge in [0, 0.05) is 5.54 Å². The molecule has 1 aliphatic rings. The lowest BCUT2D eigenvalue weighted by Gasteiger charge is -2.24. The van der Waals surface area contributed by atoms with Gasteiger partial charge in [-0.1, -0.05) is 17.7 Å². The molecule has 120 valence electrons. The predicted molar refractivity (Wildman–Crippen MR) is 89.1 cm³/mol. The molecule has 0 radical (unpaired) electrons. The fourth-order valence-corrected chi connectivity index (χ4v) is 2.82. The van der Waals surface area contributed by atoms with Crippen molar-refractivity contribution < 1.29 is 9.59 Å². The van der Waals surface area contributed by atoms with Gasteiger partial charge in [0.15, 0.2) is 0 Å². The van der Waals surface area contributed by atoms with Crippen LogP contribution in [0.1, 0.15) is 44.7 Å². The van der Waals surface area contributed by atoms with E-state index >= 15 is 0 Å². The molecular weight excluding hydrogens is 300 g/mol. The van der Waals surface area contributed by atoms with Gasteiger partial charge < -0.3 is 10.6 Å². The highest BCUT2D eigenvalue weighted by molar-refractivity contribution is 6.34. The maximum Gasteiger partial charge on any atom is 0.240 e. The zero-order valence-electron chi connectivity index (χ0n) is 13.8. The summed E-state index contributed by atoms with van der Waals surface area (Å²) < 4.78 is 0. The van der Waals surface area contributed by atoms with Gasteiger partial charge in [0.1, 0.15) is 5.41 Å². The van der Waals surface area contributed by atoms with Gasteiger partial charge in [0.05, 0.1) is 10.7 Å². The van der Waals surface area contributed by atoms with E-state index in [1.54, 1.807) is 6.07 Å². The fraction of sp³-hybridized carbons (Fsp3) is 0.529. The molecule has 0 spiro atoms. The summed E-state index contributed by atoms with van der Waals surface area (Å²) in [4.78, 5) is 25.0. The summed E-state index contributed by atoms with van der Waals surface area (Å²) in [7, 11) is 0. The first-order valence-electron chi connectivity index (χ1n) is 7.46. The van der Waals surface area contributed by atoms with E-state index in [1.165, 1.54) is 0 Å². The van der Waals surface area contributed by atoms with E-state index in [0.29, 0.717) is 23.6 Å². The summed E-state index contributed by atoms with van der Waals surface area (Å²) in [5.74, 6) is -0.485. The molecule has 1 aromatic carbocycles. The molecule has 22 heavy (non-hydrogen) atoms. The van der Waals surface area contributed by atoms with Crippen LogP contribution in [0, 0.1) is 19.3 Å². The van der Waals surface area contributed by atoms with Gasteiger partial charge in [0.25, 0.3) is 0 Å². The molecular formula is C17H23ClN2O2. The number of hydrogen-bond acceptors (Lipinski definition) is 2. The number of hydrogen-bond donors (Lipinski definition) is 2. The smallest absolute Gasteiger partial charge is 0.240 e. The minimum atomic E-state index is -0.950. The van der Waals surface area contributed by atoms with Gasteiger partial charge in [-0.05, 0) is 64.7 Å². The highest BCUT2D eigenvalue weighted by Gasteiger charge is 2.57. The molecule has 1 aliphatic carbocycles. The summed E-state index contributed by atoms with van der Waals surface area (Å²) in [6.45, 7) is 9.55. The van der Waals surface area contributed by atoms with Crippen molar-refractivity contribution in [3.05, 3.63) is 28.3 Å². The normalized spacial score (nSPS) is 16.1. The Labute approximate surface area is 136 Å². The highest BCUT2D eigenvalue weighted by atomic mass is 35.5. The third-order valence-electron chi connectivity index (χ3n) is 3.78. The van der Waals surface area contributed by atoms with Gasteiger partial charge in [0.2, 0.25) is 11.8 Å². The molecule has 0 aromatic heterocycles. The third-order valence-corrected chi connectivity index (χ3v) is 4.08. The number of carbonyl (C=O) groups excluding carboxylic acids is 2. The molecule has 0 heterocycles. The molecule has 0 unspecified atom stereocenters. The average Bonchev–Trinajstić information content (AvgIpc) is 3.12. The zero-order chi connectivity index (χ0) is 16.7. The molecule has 5 heteroatoms. The van der Waals surface area contributed by atoms with Crippen molar-refractivity contribution in [2.45, 2.75) is 53.0 Å². The molecule has 2 rings (SSSR count). The number of nitrogens with one attached hydrogen (secondary N) is 2. The topological polar surface area (TPSA) is 58.2 Å². The Hall–Kier alpha value is -1.55. The van der Waals surface area contributed by atoms with Crippen LogP contribution in [-0.2, 0) is 9.59 Å². The van der Waals surface area contributed by atoms with E-state index in [-0.39, 0.29) is 17.4 Å². The summed E-state index contributed by atoms with van der Waals surface area (Å²) in [6, 6.07) is 3.76. The van der Waals surface area contributed by atoms with E-state index in [9.17, 15) is 9.59 Å². The van der Waals surface area contributed by atoms with Crippen molar-refractivity contribution in [3.8, 4) is 0 Å². The lowest BCUT2D eigenvalue weighted by Crippen LogP contribution is -2.48. The second kappa shape index (κ2) is 5.58. The van der Waals surface area contributed by atoms with Crippen molar-refractivity contribution in [3.63, 3.8) is 0 Å². The van der Waals surface area contributed by atoms with Crippen LogP contribution in [0.15, 0.2) is 12.1 Å². The molecule has 0 atom stereocenters. The molecule has 0 saturated heterocycles. The Kier molecular flexibility index (Phi) is 4.26. The highest BCUT2D eigenvalue weighted by Crippen LogP contribution is 2.47. The number of benzene rings is 1. The largest absolute Gasteiger partial charge is 0.351 e. The Morgan fingerprint density at radius 3 is 2.18 bits per heavy atom. The first-order chi connectivity index (χ1) is 10.0. The van der Waals surface area contributed by atoms with Crippen molar-refractivity contribution in [1.82, 2.24) is 5.32 Å². The van der Waals surface area contributed by atoms with Gasteiger partial charge in [-0.25, -0.2) is 0 Å². The lowest BCUT2D eigenvalue weighted by atomic mass is 10.0. The quantitative estimate of drug-likeness (QED) is 0.835. The average molecular weight is 323 g/mol. The molecule has 1 saturated carbocycles. The van der Waals surface area contributed by atoms with Gasteiger partial charge >= 0.3 is 0 Å². The molecule has 2 amide bonds. The number of amides is 2. The first kappa shape index (κ1) is 16.8. The zero-order valence-corrected chi connectivity index (χ0v) is 14.5. The number of halogens is 1. The summed E-state index contributed by atoms with van der Waals surface area (Å²) >= 11 is 6.22. The van der Waals surface area contributed by atoms with Crippen LogP contribution < -0.4 is 10.6 Å². The van der Waals surface area contributed by atoms with E-state index in [4.69, 9.17) is 11.6 Å². The maximum atomic E-state index is 12.6. The van der Waals surface area contributed by atoms with E-state index in [2.05, 4.69) is 10.6 Å². The molecule has 2 N–H and O–H groups in total. The van der Waals surface area contributed by atoms with Crippen molar-refractivity contribution in [2.75, 3.05) is 5.32 Å². The molecule has 1 aromatic rings. The van der Waals surface area contributed by atoms with Crippen molar-refractivity contribution >= 4 is 29.1 Å². The van der Waals surface area contributed by atoms with Crippen molar-refractivity contribution in [2.24, 2.45) is 5.41 Å². The number of aryl methyl sites for hydroxylation is 2. The van der Waals surface area contributed by atoms with Gasteiger partial charge in [-0.15, -0.1) is 0 Å². The Morgan fingerprint density at radius 2 is 1.73 bits per heavy atom. The van der Waals surface area contributed by atoms with Crippen LogP contribution in [-0.4, -0.2) is 17.4 Å². The van der Waals surface area contributed by atoms with Crippen LogP contribution in [0.5, 0.6) is 0 Å². The van der Waals surface area contributed by atoms with Crippen LogP contribution in [0.25, 0.3) is 0 Å². The predicted octanol–water partition coefficient (Wildman–Crippen LogP) is 3.59. The minimum absolute atomic E-state index is 0.210. The summed E-state index contributed by atoms with van der Waals surface area (Å²) in [5, 5.41) is 6.24. The van der Waals surface area contributed by atoms with E-state index in [0.717, 1.165) is 11.1 Å². The van der Waals surface area contributed by atoms with Crippen LogP contribution in [0.4, 0.5) is 5.69 Å². The standard InChI is InChI=1S/C17H23ClN2O2/c1-10-8-11(2)13(12(18)9-10)19-14(21)17(6-7-17)15(22)20-16(3,4)5/h8-9H,6-7H2,1-5H3,(H,19,21)(H,20,22). The van der Waals surface area contributed by atoms with Gasteiger partial charge in [-0.3, -0.25) is 9.59 Å². The minimum Gasteiger partial charge on any atom is -0.351 e. The maximum absolute atomic E-state index is 12.6. The summed E-state index contributed by atoms with van der Waals surface area (Å²) in [5.41, 5.74) is 1.21. The number of rotatable bonds is 3. The Balaban J connectivity index is 2.18. The SMILES string of the molecule is Cc1cc(C)c(NC(=O)C2(C(=O)NC(C)(C)C)CC2)c(Cl)c1. The van der Waals surface area contributed by atoms with Crippen LogP contribution >= 0.6 is 11.6 Å². The second-order valence-corrected chi connectivity index (χ2v) is 7.59. The monoisotopic (exact) mass is 322 g/mol. The Morgan fingerprint density at radius 1 is 1.14 bits per heavy atom. The van der Waals surface area contributed by atoms with E-state index in [1.807, 2.05) is 40.7 Å². The van der Waals surface area contributed by atoms with Crippen molar-refractivity contribution in [1.29, 1.82) is 0 Å². The lowest BCUT2D eigenvalue weighted by molar-refractivity contribution is -0.135.